The topological polar surface area (TPSA) is 50.7 Å². The van der Waals surface area contributed by atoms with E-state index in [1.807, 2.05) is 54.6 Å². The maximum absolute atomic E-state index is 6.59. The SMILES string of the molecule is NC(=NC(=NCc1ccc(-c2ccccc2)cc1)c1cccc2ccccc12)c1ccc(-c2ccccc2)cc1. The summed E-state index contributed by atoms with van der Waals surface area (Å²) in [6, 6.07) is 51.9. The van der Waals surface area contributed by atoms with Crippen molar-refractivity contribution in [3.63, 3.8) is 0 Å². The lowest BCUT2D eigenvalue weighted by molar-refractivity contribution is 1.06. The van der Waals surface area contributed by atoms with Crippen molar-refractivity contribution < 1.29 is 0 Å². The summed E-state index contributed by atoms with van der Waals surface area (Å²) in [5.74, 6) is 1.05. The van der Waals surface area contributed by atoms with E-state index in [2.05, 4.69) is 97.1 Å². The molecule has 6 aromatic rings. The van der Waals surface area contributed by atoms with Gasteiger partial charge in [-0.2, -0.15) is 0 Å². The molecule has 6 aromatic carbocycles. The molecule has 192 valence electrons. The summed E-state index contributed by atoms with van der Waals surface area (Å²) < 4.78 is 0. The van der Waals surface area contributed by atoms with Crippen molar-refractivity contribution in [2.75, 3.05) is 0 Å². The van der Waals surface area contributed by atoms with Gasteiger partial charge in [-0.05, 0) is 38.6 Å². The molecule has 0 atom stereocenters. The highest BCUT2D eigenvalue weighted by atomic mass is 15.0. The van der Waals surface area contributed by atoms with Crippen LogP contribution >= 0.6 is 0 Å². The van der Waals surface area contributed by atoms with E-state index in [1.54, 1.807) is 0 Å². The van der Waals surface area contributed by atoms with Crippen LogP contribution in [-0.4, -0.2) is 11.7 Å². The van der Waals surface area contributed by atoms with Crippen molar-refractivity contribution in [3.8, 4) is 22.3 Å². The predicted molar refractivity (Wildman–Crippen MR) is 169 cm³/mol. The number of nitrogens with two attached hydrogens (primary N) is 1. The molecule has 0 fully saturated rings. The fraction of sp³-hybridized carbons (Fsp3) is 0.0270. The Morgan fingerprint density at radius 3 is 1.68 bits per heavy atom. The molecule has 0 amide bonds. The minimum absolute atomic E-state index is 0.436. The second-order valence-corrected chi connectivity index (χ2v) is 9.67. The number of rotatable bonds is 6. The zero-order chi connectivity index (χ0) is 27.1. The van der Waals surface area contributed by atoms with Gasteiger partial charge in [0, 0.05) is 11.1 Å². The van der Waals surface area contributed by atoms with E-state index < -0.39 is 0 Å². The van der Waals surface area contributed by atoms with Crippen LogP contribution in [-0.2, 0) is 6.54 Å². The van der Waals surface area contributed by atoms with Crippen molar-refractivity contribution in [2.45, 2.75) is 6.54 Å². The van der Waals surface area contributed by atoms with Crippen LogP contribution in [0.4, 0.5) is 0 Å². The second-order valence-electron chi connectivity index (χ2n) is 9.67. The van der Waals surface area contributed by atoms with Crippen LogP contribution in [0.1, 0.15) is 16.7 Å². The van der Waals surface area contributed by atoms with Crippen LogP contribution in [0.15, 0.2) is 162 Å². The maximum atomic E-state index is 6.59. The van der Waals surface area contributed by atoms with Gasteiger partial charge in [-0.1, -0.05) is 152 Å². The zero-order valence-corrected chi connectivity index (χ0v) is 22.1. The molecule has 0 unspecified atom stereocenters. The van der Waals surface area contributed by atoms with Crippen LogP contribution in [0.5, 0.6) is 0 Å². The molecule has 3 nitrogen and oxygen atoms in total. The lowest BCUT2D eigenvalue weighted by atomic mass is 10.0. The molecular formula is C37H29N3. The first kappa shape index (κ1) is 25.0. The number of benzene rings is 6. The quantitative estimate of drug-likeness (QED) is 0.175. The van der Waals surface area contributed by atoms with Crippen LogP contribution in [0.3, 0.4) is 0 Å². The summed E-state index contributed by atoms with van der Waals surface area (Å²) in [6.07, 6.45) is 0. The van der Waals surface area contributed by atoms with Gasteiger partial charge in [0.2, 0.25) is 0 Å². The summed E-state index contributed by atoms with van der Waals surface area (Å²) in [5.41, 5.74) is 14.2. The molecule has 0 radical (unpaired) electrons. The number of aliphatic imine (C=N–C) groups is 2. The maximum Gasteiger partial charge on any atom is 0.157 e. The highest BCUT2D eigenvalue weighted by Crippen LogP contribution is 2.23. The molecule has 3 heteroatoms. The monoisotopic (exact) mass is 515 g/mol. The average molecular weight is 516 g/mol. The molecule has 40 heavy (non-hydrogen) atoms. The van der Waals surface area contributed by atoms with Gasteiger partial charge in [-0.3, -0.25) is 4.99 Å². The molecule has 0 heterocycles. The minimum Gasteiger partial charge on any atom is -0.383 e. The Balaban J connectivity index is 1.34. The van der Waals surface area contributed by atoms with E-state index in [9.17, 15) is 0 Å². The van der Waals surface area contributed by atoms with E-state index in [0.29, 0.717) is 18.2 Å². The van der Waals surface area contributed by atoms with E-state index >= 15 is 0 Å². The molecule has 0 aliphatic rings. The Morgan fingerprint density at radius 1 is 0.500 bits per heavy atom. The van der Waals surface area contributed by atoms with Crippen molar-refractivity contribution >= 4 is 22.4 Å². The van der Waals surface area contributed by atoms with Gasteiger partial charge < -0.3 is 5.73 Å². The van der Waals surface area contributed by atoms with E-state index in [1.165, 1.54) is 16.7 Å². The zero-order valence-electron chi connectivity index (χ0n) is 22.1. The lowest BCUT2D eigenvalue weighted by Crippen LogP contribution is -2.16. The first-order valence-corrected chi connectivity index (χ1v) is 13.4. The Morgan fingerprint density at radius 2 is 1.02 bits per heavy atom. The predicted octanol–water partition coefficient (Wildman–Crippen LogP) is 8.53. The molecule has 2 N–H and O–H groups in total. The molecule has 0 aromatic heterocycles. The number of nitrogens with zero attached hydrogens (tertiary/aromatic N) is 2. The largest absolute Gasteiger partial charge is 0.383 e. The Labute approximate surface area is 235 Å². The third-order valence-corrected chi connectivity index (χ3v) is 7.02. The summed E-state index contributed by atoms with van der Waals surface area (Å²) in [6.45, 7) is 0.497. The molecule has 6 rings (SSSR count). The fourth-order valence-electron chi connectivity index (χ4n) is 4.84. The van der Waals surface area contributed by atoms with E-state index in [0.717, 1.165) is 33.0 Å². The molecule has 0 saturated carbocycles. The first-order valence-electron chi connectivity index (χ1n) is 13.4. The Hall–Kier alpha value is -5.28. The second kappa shape index (κ2) is 11.6. The standard InChI is InChI=1S/C37H29N3/c38-36(33-24-22-31(23-25-33)29-12-5-2-6-13-29)40-37(35-17-9-15-32-14-7-8-16-34(32)35)39-26-27-18-20-30(21-19-27)28-10-3-1-4-11-28/h1-25H,26H2,(H2,38,39,40). The number of hydrogen-bond donors (Lipinski definition) is 1. The number of fused-ring (bicyclic) bond motifs is 1. The van der Waals surface area contributed by atoms with Crippen molar-refractivity contribution in [3.05, 3.63) is 168 Å². The highest BCUT2D eigenvalue weighted by Gasteiger charge is 2.10. The van der Waals surface area contributed by atoms with Crippen molar-refractivity contribution in [1.29, 1.82) is 0 Å². The molecule has 0 aliphatic carbocycles. The van der Waals surface area contributed by atoms with Gasteiger partial charge in [0.1, 0.15) is 5.84 Å². The highest BCUT2D eigenvalue weighted by molar-refractivity contribution is 6.16. The summed E-state index contributed by atoms with van der Waals surface area (Å²) in [4.78, 5) is 9.89. The molecule has 0 saturated heterocycles. The van der Waals surface area contributed by atoms with Crippen LogP contribution < -0.4 is 5.73 Å². The summed E-state index contributed by atoms with van der Waals surface area (Å²) >= 11 is 0. The third kappa shape index (κ3) is 5.59. The van der Waals surface area contributed by atoms with Gasteiger partial charge in [0.05, 0.1) is 6.54 Å². The van der Waals surface area contributed by atoms with Gasteiger partial charge in [-0.15, -0.1) is 0 Å². The molecule has 0 spiro atoms. The van der Waals surface area contributed by atoms with Crippen LogP contribution in [0, 0.1) is 0 Å². The number of hydrogen-bond acceptors (Lipinski definition) is 1. The lowest BCUT2D eigenvalue weighted by Gasteiger charge is -2.10. The average Bonchev–Trinajstić information content (AvgIpc) is 3.04. The fourth-order valence-corrected chi connectivity index (χ4v) is 4.84. The van der Waals surface area contributed by atoms with E-state index in [-0.39, 0.29) is 0 Å². The van der Waals surface area contributed by atoms with E-state index in [4.69, 9.17) is 15.7 Å². The third-order valence-electron chi connectivity index (χ3n) is 7.02. The smallest absolute Gasteiger partial charge is 0.157 e. The van der Waals surface area contributed by atoms with Crippen LogP contribution in [0.2, 0.25) is 0 Å². The summed E-state index contributed by atoms with van der Waals surface area (Å²) in [5, 5.41) is 2.24. The van der Waals surface area contributed by atoms with Gasteiger partial charge >= 0.3 is 0 Å². The molecule has 0 bridgehead atoms. The van der Waals surface area contributed by atoms with Crippen molar-refractivity contribution in [1.82, 2.24) is 0 Å². The van der Waals surface area contributed by atoms with Crippen LogP contribution in [0.25, 0.3) is 33.0 Å². The Bertz CT molecular complexity index is 1780. The van der Waals surface area contributed by atoms with Gasteiger partial charge in [0.25, 0.3) is 0 Å². The van der Waals surface area contributed by atoms with Gasteiger partial charge in [-0.25, -0.2) is 4.99 Å². The summed E-state index contributed by atoms with van der Waals surface area (Å²) in [7, 11) is 0. The molecular weight excluding hydrogens is 486 g/mol. The number of amidine groups is 2. The molecule has 0 aliphatic heterocycles. The van der Waals surface area contributed by atoms with Gasteiger partial charge in [0.15, 0.2) is 5.84 Å². The Kier molecular flexibility index (Phi) is 7.27. The van der Waals surface area contributed by atoms with Crippen molar-refractivity contribution in [2.24, 2.45) is 15.7 Å². The normalized spacial score (nSPS) is 12.0. The first-order chi connectivity index (χ1) is 19.7. The minimum atomic E-state index is 0.436.